The summed E-state index contributed by atoms with van der Waals surface area (Å²) in [6.45, 7) is 3.39. The number of primary amides is 1. The number of aromatic nitrogens is 2. The summed E-state index contributed by atoms with van der Waals surface area (Å²) in [5.74, 6) is -0.356. The van der Waals surface area contributed by atoms with Crippen molar-refractivity contribution < 1.29 is 14.3 Å². The van der Waals surface area contributed by atoms with Gasteiger partial charge in [0.25, 0.3) is 11.8 Å². The van der Waals surface area contributed by atoms with E-state index >= 15 is 0 Å². The van der Waals surface area contributed by atoms with Gasteiger partial charge >= 0.3 is 0 Å². The minimum absolute atomic E-state index is 0.0676. The van der Waals surface area contributed by atoms with Gasteiger partial charge in [0.1, 0.15) is 5.56 Å². The van der Waals surface area contributed by atoms with Gasteiger partial charge in [-0.25, -0.2) is 4.98 Å². The number of carbonyl (C=O) groups excluding carboxylic acids is 2. The van der Waals surface area contributed by atoms with Crippen LogP contribution in [-0.2, 0) is 0 Å². The van der Waals surface area contributed by atoms with Gasteiger partial charge in [-0.2, -0.15) is 0 Å². The molecule has 2 aromatic heterocycles. The third kappa shape index (κ3) is 3.83. The number of hydrogen-bond donors (Lipinski definition) is 1. The van der Waals surface area contributed by atoms with Gasteiger partial charge < -0.3 is 15.4 Å². The maximum atomic E-state index is 13.2. The number of benzene rings is 1. The Kier molecular flexibility index (Phi) is 5.61. The van der Waals surface area contributed by atoms with E-state index in [2.05, 4.69) is 4.98 Å². The number of carbonyl (C=O) groups is 2. The molecule has 7 heteroatoms. The van der Waals surface area contributed by atoms with Gasteiger partial charge in [-0.3, -0.25) is 14.6 Å². The Morgan fingerprint density at radius 1 is 1.20 bits per heavy atom. The number of nitrogens with two attached hydrogens (primary N) is 1. The monoisotopic (exact) mass is 404 g/mol. The van der Waals surface area contributed by atoms with E-state index in [0.29, 0.717) is 42.4 Å². The largest absolute Gasteiger partial charge is 0.477 e. The number of nitrogens with zero attached hydrogens (tertiary/aromatic N) is 3. The molecule has 0 aliphatic carbocycles. The fourth-order valence-electron chi connectivity index (χ4n) is 4.00. The number of ether oxygens (including phenoxy) is 1. The molecule has 30 heavy (non-hydrogen) atoms. The maximum Gasteiger partial charge on any atom is 0.259 e. The predicted octanol–water partition coefficient (Wildman–Crippen LogP) is 3.15. The Morgan fingerprint density at radius 3 is 2.83 bits per heavy atom. The lowest BCUT2D eigenvalue weighted by Gasteiger charge is -2.33. The third-order valence-electron chi connectivity index (χ3n) is 5.40. The summed E-state index contributed by atoms with van der Waals surface area (Å²) < 4.78 is 5.53. The molecule has 1 unspecified atom stereocenters. The molecule has 4 rings (SSSR count). The van der Waals surface area contributed by atoms with Crippen LogP contribution in [0.2, 0.25) is 0 Å². The second-order valence-electron chi connectivity index (χ2n) is 7.36. The standard InChI is InChI=1S/C23H24N4O3/c1-2-30-22-17(9-5-11-25-22)23(29)27-12-6-8-16(14-27)20-18(21(24)28)13-15-7-3-4-10-19(15)26-20/h3-5,7,9-11,13,16H,2,6,8,12,14H2,1H3,(H2,24,28). The van der Waals surface area contributed by atoms with Gasteiger partial charge in [-0.15, -0.1) is 0 Å². The molecule has 2 N–H and O–H groups in total. The van der Waals surface area contributed by atoms with E-state index in [1.54, 1.807) is 29.3 Å². The number of amides is 2. The Bertz CT molecular complexity index is 1100. The highest BCUT2D eigenvalue weighted by atomic mass is 16.5. The summed E-state index contributed by atoms with van der Waals surface area (Å²) >= 11 is 0. The normalized spacial score (nSPS) is 16.4. The molecule has 154 valence electrons. The van der Waals surface area contributed by atoms with Gasteiger partial charge in [0.15, 0.2) is 0 Å². The van der Waals surface area contributed by atoms with Crippen molar-refractivity contribution in [2.45, 2.75) is 25.7 Å². The van der Waals surface area contributed by atoms with Crippen LogP contribution in [0.3, 0.4) is 0 Å². The lowest BCUT2D eigenvalue weighted by Crippen LogP contribution is -2.40. The molecule has 1 saturated heterocycles. The van der Waals surface area contributed by atoms with Crippen molar-refractivity contribution >= 4 is 22.7 Å². The molecule has 0 bridgehead atoms. The molecule has 1 fully saturated rings. The van der Waals surface area contributed by atoms with Crippen molar-refractivity contribution in [1.82, 2.24) is 14.9 Å². The minimum Gasteiger partial charge on any atom is -0.477 e. The summed E-state index contributed by atoms with van der Waals surface area (Å²) in [6.07, 6.45) is 3.26. The molecule has 1 aromatic carbocycles. The summed E-state index contributed by atoms with van der Waals surface area (Å²) in [5.41, 5.74) is 8.01. The van der Waals surface area contributed by atoms with Crippen molar-refractivity contribution in [2.24, 2.45) is 5.73 Å². The molecule has 0 radical (unpaired) electrons. The van der Waals surface area contributed by atoms with Crippen LogP contribution >= 0.6 is 0 Å². The summed E-state index contributed by atoms with van der Waals surface area (Å²) in [5, 5.41) is 0.871. The van der Waals surface area contributed by atoms with E-state index in [9.17, 15) is 9.59 Å². The Balaban J connectivity index is 1.65. The minimum atomic E-state index is -0.502. The molecule has 1 atom stereocenters. The average molecular weight is 404 g/mol. The van der Waals surface area contributed by atoms with Crippen molar-refractivity contribution in [2.75, 3.05) is 19.7 Å². The van der Waals surface area contributed by atoms with E-state index in [0.717, 1.165) is 23.7 Å². The number of rotatable bonds is 5. The van der Waals surface area contributed by atoms with Crippen LogP contribution in [0.15, 0.2) is 48.7 Å². The third-order valence-corrected chi connectivity index (χ3v) is 5.40. The van der Waals surface area contributed by atoms with Crippen molar-refractivity contribution in [3.63, 3.8) is 0 Å². The molecular formula is C23H24N4O3. The molecule has 2 amide bonds. The molecule has 1 aliphatic rings. The Hall–Kier alpha value is -3.48. The van der Waals surface area contributed by atoms with Crippen LogP contribution in [0.5, 0.6) is 5.88 Å². The highest BCUT2D eigenvalue weighted by molar-refractivity contribution is 5.98. The second-order valence-corrected chi connectivity index (χ2v) is 7.36. The first-order chi connectivity index (χ1) is 14.6. The topological polar surface area (TPSA) is 98.4 Å². The van der Waals surface area contributed by atoms with E-state index in [1.165, 1.54) is 0 Å². The number of para-hydroxylation sites is 1. The summed E-state index contributed by atoms with van der Waals surface area (Å²) in [6, 6.07) is 12.9. The van der Waals surface area contributed by atoms with Gasteiger partial charge in [0.2, 0.25) is 5.88 Å². The van der Waals surface area contributed by atoms with Gasteiger partial charge in [-0.1, -0.05) is 18.2 Å². The molecule has 0 saturated carbocycles. The number of hydrogen-bond acceptors (Lipinski definition) is 5. The zero-order chi connectivity index (χ0) is 21.1. The lowest BCUT2D eigenvalue weighted by atomic mass is 9.90. The van der Waals surface area contributed by atoms with Crippen LogP contribution < -0.4 is 10.5 Å². The maximum absolute atomic E-state index is 13.2. The number of piperidine rings is 1. The first kappa shape index (κ1) is 19.8. The van der Waals surface area contributed by atoms with Gasteiger partial charge in [0.05, 0.1) is 23.4 Å². The second kappa shape index (κ2) is 8.49. The van der Waals surface area contributed by atoms with Crippen LogP contribution in [0.25, 0.3) is 10.9 Å². The zero-order valence-electron chi connectivity index (χ0n) is 16.9. The fourth-order valence-corrected chi connectivity index (χ4v) is 4.00. The van der Waals surface area contributed by atoms with Crippen molar-refractivity contribution in [3.8, 4) is 5.88 Å². The van der Waals surface area contributed by atoms with E-state index in [4.69, 9.17) is 15.5 Å². The first-order valence-electron chi connectivity index (χ1n) is 10.1. The summed E-state index contributed by atoms with van der Waals surface area (Å²) in [7, 11) is 0. The fraction of sp³-hybridized carbons (Fsp3) is 0.304. The number of pyridine rings is 2. The molecule has 3 heterocycles. The highest BCUT2D eigenvalue weighted by Gasteiger charge is 2.30. The highest BCUT2D eigenvalue weighted by Crippen LogP contribution is 2.31. The Morgan fingerprint density at radius 2 is 2.03 bits per heavy atom. The Labute approximate surface area is 174 Å². The lowest BCUT2D eigenvalue weighted by molar-refractivity contribution is 0.0700. The van der Waals surface area contributed by atoms with Crippen LogP contribution in [0, 0.1) is 0 Å². The van der Waals surface area contributed by atoms with Gasteiger partial charge in [-0.05, 0) is 44.0 Å². The zero-order valence-corrected chi connectivity index (χ0v) is 16.9. The van der Waals surface area contributed by atoms with E-state index < -0.39 is 5.91 Å². The smallest absolute Gasteiger partial charge is 0.259 e. The van der Waals surface area contributed by atoms with Crippen molar-refractivity contribution in [1.29, 1.82) is 0 Å². The number of fused-ring (bicyclic) bond motifs is 1. The summed E-state index contributed by atoms with van der Waals surface area (Å²) in [4.78, 5) is 36.1. The first-order valence-corrected chi connectivity index (χ1v) is 10.1. The predicted molar refractivity (Wildman–Crippen MR) is 114 cm³/mol. The van der Waals surface area contributed by atoms with Crippen LogP contribution in [-0.4, -0.2) is 46.4 Å². The van der Waals surface area contributed by atoms with Gasteiger partial charge in [0, 0.05) is 30.6 Å². The van der Waals surface area contributed by atoms with Crippen LogP contribution in [0.4, 0.5) is 0 Å². The van der Waals surface area contributed by atoms with E-state index in [1.807, 2.05) is 31.2 Å². The van der Waals surface area contributed by atoms with E-state index in [-0.39, 0.29) is 11.8 Å². The molecule has 3 aromatic rings. The molecule has 7 nitrogen and oxygen atoms in total. The van der Waals surface area contributed by atoms with Crippen LogP contribution in [0.1, 0.15) is 52.1 Å². The quantitative estimate of drug-likeness (QED) is 0.704. The molecular weight excluding hydrogens is 380 g/mol. The SMILES string of the molecule is CCOc1ncccc1C(=O)N1CCCC(c2nc3ccccc3cc2C(N)=O)C1. The number of likely N-dealkylation sites (tertiary alicyclic amines) is 1. The average Bonchev–Trinajstić information content (AvgIpc) is 2.78. The molecule has 0 spiro atoms. The molecule has 1 aliphatic heterocycles. The van der Waals surface area contributed by atoms with Crippen molar-refractivity contribution in [3.05, 3.63) is 65.5 Å².